The topological polar surface area (TPSA) is 70.8 Å². The normalized spacial score (nSPS) is 17.9. The standard InChI is InChI=1S/C27H35N5O2/c1-19-22(20(2)32-26(28-19)23-9-5-6-10-24(23)29-32)11-12-25(33)30-17-13-21(14-18-30)27(34)31-15-7-3-4-8-16-31/h5-6,9-10,21H,3-4,7-8,11-18H2,1-2H3. The van der Waals surface area contributed by atoms with Crippen LogP contribution in [0.2, 0.25) is 0 Å². The molecule has 0 N–H and O–H groups in total. The number of fused-ring (bicyclic) bond motifs is 3. The van der Waals surface area contributed by atoms with Crippen molar-refractivity contribution in [3.05, 3.63) is 41.2 Å². The first-order chi connectivity index (χ1) is 16.5. The molecule has 0 spiro atoms. The number of hydrogen-bond acceptors (Lipinski definition) is 4. The molecular weight excluding hydrogens is 426 g/mol. The van der Waals surface area contributed by atoms with Gasteiger partial charge in [0.25, 0.3) is 0 Å². The minimum absolute atomic E-state index is 0.0761. The van der Waals surface area contributed by atoms with Crippen LogP contribution in [0.3, 0.4) is 0 Å². The van der Waals surface area contributed by atoms with Crippen molar-refractivity contribution in [1.82, 2.24) is 24.4 Å². The molecule has 1 aromatic carbocycles. The van der Waals surface area contributed by atoms with Gasteiger partial charge in [0.2, 0.25) is 11.8 Å². The average molecular weight is 462 g/mol. The van der Waals surface area contributed by atoms with E-state index < -0.39 is 0 Å². The molecule has 7 nitrogen and oxygen atoms in total. The molecule has 2 aliphatic heterocycles. The molecule has 7 heteroatoms. The van der Waals surface area contributed by atoms with Crippen molar-refractivity contribution >= 4 is 28.4 Å². The van der Waals surface area contributed by atoms with Crippen LogP contribution in [0.25, 0.3) is 16.6 Å². The van der Waals surface area contributed by atoms with Gasteiger partial charge in [0.1, 0.15) is 0 Å². The fourth-order valence-electron chi connectivity index (χ4n) is 5.65. The van der Waals surface area contributed by atoms with E-state index in [-0.39, 0.29) is 11.8 Å². The number of benzene rings is 1. The van der Waals surface area contributed by atoms with Gasteiger partial charge in [-0.3, -0.25) is 9.59 Å². The third-order valence-electron chi connectivity index (χ3n) is 7.72. The maximum Gasteiger partial charge on any atom is 0.225 e. The van der Waals surface area contributed by atoms with E-state index in [0.29, 0.717) is 31.8 Å². The zero-order chi connectivity index (χ0) is 23.7. The fourth-order valence-corrected chi connectivity index (χ4v) is 5.65. The second-order valence-electron chi connectivity index (χ2n) is 9.91. The van der Waals surface area contributed by atoms with E-state index in [0.717, 1.165) is 72.3 Å². The molecule has 0 saturated carbocycles. The molecule has 2 saturated heterocycles. The highest BCUT2D eigenvalue weighted by Gasteiger charge is 2.30. The minimum atomic E-state index is 0.0761. The van der Waals surface area contributed by atoms with Crippen LogP contribution >= 0.6 is 0 Å². The zero-order valence-electron chi connectivity index (χ0n) is 20.4. The van der Waals surface area contributed by atoms with Crippen molar-refractivity contribution in [3.63, 3.8) is 0 Å². The molecule has 0 radical (unpaired) electrons. The number of likely N-dealkylation sites (tertiary alicyclic amines) is 2. The monoisotopic (exact) mass is 461 g/mol. The molecular formula is C27H35N5O2. The summed E-state index contributed by atoms with van der Waals surface area (Å²) in [5.41, 5.74) is 4.92. The van der Waals surface area contributed by atoms with Crippen molar-refractivity contribution in [3.8, 4) is 0 Å². The Bertz CT molecular complexity index is 1200. The van der Waals surface area contributed by atoms with E-state index in [1.807, 2.05) is 40.6 Å². The lowest BCUT2D eigenvalue weighted by molar-refractivity contribution is -0.140. The summed E-state index contributed by atoms with van der Waals surface area (Å²) in [6, 6.07) is 8.05. The third kappa shape index (κ3) is 4.40. The number of aromatic nitrogens is 3. The van der Waals surface area contributed by atoms with Crippen LogP contribution in [-0.4, -0.2) is 62.4 Å². The first kappa shape index (κ1) is 22.8. The van der Waals surface area contributed by atoms with E-state index in [4.69, 9.17) is 10.1 Å². The Morgan fingerprint density at radius 1 is 0.941 bits per heavy atom. The minimum Gasteiger partial charge on any atom is -0.343 e. The van der Waals surface area contributed by atoms with Gasteiger partial charge in [-0.25, -0.2) is 9.50 Å². The largest absolute Gasteiger partial charge is 0.343 e. The Kier molecular flexibility index (Phi) is 6.53. The Balaban J connectivity index is 1.20. The van der Waals surface area contributed by atoms with Crippen molar-refractivity contribution in [2.24, 2.45) is 5.92 Å². The summed E-state index contributed by atoms with van der Waals surface area (Å²) >= 11 is 0. The summed E-state index contributed by atoms with van der Waals surface area (Å²) in [5, 5.41) is 5.78. The predicted octanol–water partition coefficient (Wildman–Crippen LogP) is 4.07. The number of hydrogen-bond donors (Lipinski definition) is 0. The maximum absolute atomic E-state index is 13.0. The van der Waals surface area contributed by atoms with E-state index in [9.17, 15) is 9.59 Å². The van der Waals surface area contributed by atoms with Gasteiger partial charge in [-0.05, 0) is 63.6 Å². The highest BCUT2D eigenvalue weighted by atomic mass is 16.2. The highest BCUT2D eigenvalue weighted by molar-refractivity contribution is 5.92. The van der Waals surface area contributed by atoms with E-state index in [1.54, 1.807) is 0 Å². The van der Waals surface area contributed by atoms with Gasteiger partial charge in [-0.1, -0.05) is 25.0 Å². The van der Waals surface area contributed by atoms with Crippen molar-refractivity contribution in [2.75, 3.05) is 26.2 Å². The molecule has 2 fully saturated rings. The Morgan fingerprint density at radius 3 is 2.38 bits per heavy atom. The summed E-state index contributed by atoms with van der Waals surface area (Å²) < 4.78 is 1.91. The smallest absolute Gasteiger partial charge is 0.225 e. The van der Waals surface area contributed by atoms with Gasteiger partial charge in [0, 0.05) is 55.3 Å². The van der Waals surface area contributed by atoms with Crippen LogP contribution in [0.1, 0.15) is 61.9 Å². The molecule has 2 aromatic heterocycles. The number of amides is 2. The number of carbonyl (C=O) groups is 2. The molecule has 3 aromatic rings. The molecule has 4 heterocycles. The van der Waals surface area contributed by atoms with Gasteiger partial charge >= 0.3 is 0 Å². The number of piperidine rings is 1. The summed E-state index contributed by atoms with van der Waals surface area (Å²) in [6.07, 6.45) is 7.39. The zero-order valence-corrected chi connectivity index (χ0v) is 20.4. The average Bonchev–Trinajstić information content (AvgIpc) is 3.02. The quantitative estimate of drug-likeness (QED) is 0.587. The molecule has 0 aliphatic carbocycles. The van der Waals surface area contributed by atoms with Crippen molar-refractivity contribution in [1.29, 1.82) is 0 Å². The van der Waals surface area contributed by atoms with Crippen LogP contribution in [0.5, 0.6) is 0 Å². The molecule has 0 atom stereocenters. The van der Waals surface area contributed by atoms with Crippen LogP contribution in [0.15, 0.2) is 24.3 Å². The predicted molar refractivity (Wildman–Crippen MR) is 133 cm³/mol. The summed E-state index contributed by atoms with van der Waals surface area (Å²) in [6.45, 7) is 7.26. The maximum atomic E-state index is 13.0. The Morgan fingerprint density at radius 2 is 1.65 bits per heavy atom. The lowest BCUT2D eigenvalue weighted by atomic mass is 9.94. The molecule has 34 heavy (non-hydrogen) atoms. The van der Waals surface area contributed by atoms with Crippen LogP contribution < -0.4 is 0 Å². The lowest BCUT2D eigenvalue weighted by Crippen LogP contribution is -2.44. The van der Waals surface area contributed by atoms with Crippen LogP contribution in [0, 0.1) is 19.8 Å². The summed E-state index contributed by atoms with van der Waals surface area (Å²) in [7, 11) is 0. The van der Waals surface area contributed by atoms with Gasteiger partial charge in [0.15, 0.2) is 5.65 Å². The summed E-state index contributed by atoms with van der Waals surface area (Å²) in [5.74, 6) is 0.559. The molecule has 0 unspecified atom stereocenters. The summed E-state index contributed by atoms with van der Waals surface area (Å²) in [4.78, 5) is 34.8. The second kappa shape index (κ2) is 9.72. The van der Waals surface area contributed by atoms with Crippen LogP contribution in [0.4, 0.5) is 0 Å². The Hall–Kier alpha value is -2.96. The van der Waals surface area contributed by atoms with Gasteiger partial charge in [-0.15, -0.1) is 0 Å². The van der Waals surface area contributed by atoms with E-state index in [1.165, 1.54) is 12.8 Å². The van der Waals surface area contributed by atoms with Crippen LogP contribution in [-0.2, 0) is 16.0 Å². The molecule has 2 amide bonds. The fraction of sp³-hybridized carbons (Fsp3) is 0.556. The highest BCUT2D eigenvalue weighted by Crippen LogP contribution is 2.25. The molecule has 180 valence electrons. The van der Waals surface area contributed by atoms with E-state index in [2.05, 4.69) is 11.8 Å². The second-order valence-corrected chi connectivity index (χ2v) is 9.91. The SMILES string of the molecule is Cc1nc2c3ccccc3nn2c(C)c1CCC(=O)N1CCC(C(=O)N2CCCCCC2)CC1. The third-order valence-corrected chi connectivity index (χ3v) is 7.72. The van der Waals surface area contributed by atoms with E-state index >= 15 is 0 Å². The number of aryl methyl sites for hydroxylation is 2. The first-order valence-corrected chi connectivity index (χ1v) is 12.8. The Labute approximate surface area is 201 Å². The first-order valence-electron chi connectivity index (χ1n) is 12.8. The van der Waals surface area contributed by atoms with Gasteiger partial charge < -0.3 is 9.80 Å². The van der Waals surface area contributed by atoms with Crippen molar-refractivity contribution in [2.45, 2.75) is 65.2 Å². The number of rotatable bonds is 4. The lowest BCUT2D eigenvalue weighted by Gasteiger charge is -2.34. The van der Waals surface area contributed by atoms with Gasteiger partial charge in [-0.2, -0.15) is 5.10 Å². The molecule has 0 bridgehead atoms. The molecule has 2 aliphatic rings. The number of nitrogens with zero attached hydrogens (tertiary/aromatic N) is 5. The molecule has 5 rings (SSSR count). The van der Waals surface area contributed by atoms with Gasteiger partial charge in [0.05, 0.1) is 5.52 Å². The number of carbonyl (C=O) groups excluding carboxylic acids is 2. The van der Waals surface area contributed by atoms with Crippen molar-refractivity contribution < 1.29 is 9.59 Å².